The van der Waals surface area contributed by atoms with Crippen molar-refractivity contribution < 1.29 is 14.3 Å². The third-order valence-corrected chi connectivity index (χ3v) is 3.17. The first kappa shape index (κ1) is 14.1. The second-order valence-electron chi connectivity index (χ2n) is 4.45. The van der Waals surface area contributed by atoms with Gasteiger partial charge in [0.1, 0.15) is 5.82 Å². The molecule has 104 valence electrons. The van der Waals surface area contributed by atoms with Gasteiger partial charge in [0.2, 0.25) is 0 Å². The Morgan fingerprint density at radius 3 is 2.50 bits per heavy atom. The van der Waals surface area contributed by atoms with E-state index in [0.29, 0.717) is 5.56 Å². The maximum absolute atomic E-state index is 13.7. The van der Waals surface area contributed by atoms with Crippen molar-refractivity contribution >= 4 is 11.7 Å². The van der Waals surface area contributed by atoms with Gasteiger partial charge in [-0.25, -0.2) is 9.18 Å². The fourth-order valence-corrected chi connectivity index (χ4v) is 2.14. The van der Waals surface area contributed by atoms with Crippen LogP contribution in [0.15, 0.2) is 48.5 Å². The number of carboxylic acid groups (broad SMARTS) is 1. The van der Waals surface area contributed by atoms with Gasteiger partial charge >= 0.3 is 5.97 Å². The lowest BCUT2D eigenvalue weighted by molar-refractivity contribution is -0.138. The Morgan fingerprint density at radius 2 is 1.85 bits per heavy atom. The van der Waals surface area contributed by atoms with Gasteiger partial charge < -0.3 is 10.4 Å². The van der Waals surface area contributed by atoms with Crippen LogP contribution in [-0.4, -0.2) is 11.1 Å². The van der Waals surface area contributed by atoms with Crippen LogP contribution in [-0.2, 0) is 11.2 Å². The van der Waals surface area contributed by atoms with E-state index in [0.717, 1.165) is 12.0 Å². The van der Waals surface area contributed by atoms with Gasteiger partial charge in [0.25, 0.3) is 0 Å². The molecule has 20 heavy (non-hydrogen) atoms. The van der Waals surface area contributed by atoms with Crippen molar-refractivity contribution in [3.8, 4) is 0 Å². The minimum Gasteiger partial charge on any atom is -0.479 e. The zero-order chi connectivity index (χ0) is 14.5. The van der Waals surface area contributed by atoms with Gasteiger partial charge in [-0.15, -0.1) is 0 Å². The fraction of sp³-hybridized carbons (Fsp3) is 0.188. The number of carboxylic acids is 1. The first-order chi connectivity index (χ1) is 9.63. The van der Waals surface area contributed by atoms with Crippen molar-refractivity contribution in [2.24, 2.45) is 0 Å². The average molecular weight is 273 g/mol. The fourth-order valence-electron chi connectivity index (χ4n) is 2.14. The monoisotopic (exact) mass is 273 g/mol. The third kappa shape index (κ3) is 2.96. The maximum atomic E-state index is 13.7. The standard InChI is InChI=1S/C16H16FNO2/c1-2-11-7-3-4-8-12(11)15(16(19)20)18-14-10-6-5-9-13(14)17/h3-10,15,18H,2H2,1H3,(H,19,20). The molecule has 0 amide bonds. The Balaban J connectivity index is 2.37. The second kappa shape index (κ2) is 6.19. The topological polar surface area (TPSA) is 49.3 Å². The minimum absolute atomic E-state index is 0.186. The third-order valence-electron chi connectivity index (χ3n) is 3.17. The van der Waals surface area contributed by atoms with Gasteiger partial charge in [-0.2, -0.15) is 0 Å². The molecule has 0 bridgehead atoms. The smallest absolute Gasteiger partial charge is 0.330 e. The van der Waals surface area contributed by atoms with Crippen LogP contribution in [0, 0.1) is 5.82 Å². The van der Waals surface area contributed by atoms with Crippen molar-refractivity contribution in [2.45, 2.75) is 19.4 Å². The molecule has 2 aromatic carbocycles. The van der Waals surface area contributed by atoms with Crippen LogP contribution in [0.4, 0.5) is 10.1 Å². The van der Waals surface area contributed by atoms with Gasteiger partial charge in [-0.05, 0) is 29.7 Å². The van der Waals surface area contributed by atoms with Crippen molar-refractivity contribution in [3.05, 3.63) is 65.5 Å². The summed E-state index contributed by atoms with van der Waals surface area (Å²) in [4.78, 5) is 11.5. The Kier molecular flexibility index (Phi) is 4.35. The molecule has 0 aliphatic heterocycles. The van der Waals surface area contributed by atoms with E-state index in [1.54, 1.807) is 24.3 Å². The van der Waals surface area contributed by atoms with E-state index in [4.69, 9.17) is 0 Å². The predicted molar refractivity (Wildman–Crippen MR) is 76.2 cm³/mol. The van der Waals surface area contributed by atoms with E-state index in [2.05, 4.69) is 5.32 Å². The van der Waals surface area contributed by atoms with E-state index in [-0.39, 0.29) is 5.69 Å². The summed E-state index contributed by atoms with van der Waals surface area (Å²) in [7, 11) is 0. The molecule has 2 aromatic rings. The average Bonchev–Trinajstić information content (AvgIpc) is 2.46. The quantitative estimate of drug-likeness (QED) is 0.874. The van der Waals surface area contributed by atoms with E-state index < -0.39 is 17.8 Å². The lowest BCUT2D eigenvalue weighted by Gasteiger charge is -2.19. The Hall–Kier alpha value is -2.36. The summed E-state index contributed by atoms with van der Waals surface area (Å²) in [6, 6.07) is 12.4. The van der Waals surface area contributed by atoms with Crippen LogP contribution in [0.3, 0.4) is 0 Å². The van der Waals surface area contributed by atoms with Crippen molar-refractivity contribution in [2.75, 3.05) is 5.32 Å². The summed E-state index contributed by atoms with van der Waals surface area (Å²) >= 11 is 0. The van der Waals surface area contributed by atoms with E-state index in [9.17, 15) is 14.3 Å². The summed E-state index contributed by atoms with van der Waals surface area (Å²) < 4.78 is 13.7. The molecule has 2 N–H and O–H groups in total. The number of halogens is 1. The van der Waals surface area contributed by atoms with Crippen molar-refractivity contribution in [1.29, 1.82) is 0 Å². The molecule has 0 saturated heterocycles. The second-order valence-corrected chi connectivity index (χ2v) is 4.45. The highest BCUT2D eigenvalue weighted by atomic mass is 19.1. The largest absolute Gasteiger partial charge is 0.479 e. The number of anilines is 1. The molecule has 1 atom stereocenters. The van der Waals surface area contributed by atoms with Crippen LogP contribution < -0.4 is 5.32 Å². The normalized spacial score (nSPS) is 11.9. The highest BCUT2D eigenvalue weighted by molar-refractivity contribution is 5.79. The lowest BCUT2D eigenvalue weighted by atomic mass is 9.98. The first-order valence-electron chi connectivity index (χ1n) is 6.45. The van der Waals surface area contributed by atoms with Crippen LogP contribution in [0.2, 0.25) is 0 Å². The molecule has 0 saturated carbocycles. The number of carbonyl (C=O) groups is 1. The zero-order valence-corrected chi connectivity index (χ0v) is 11.1. The molecular weight excluding hydrogens is 257 g/mol. The number of nitrogens with one attached hydrogen (secondary N) is 1. The Labute approximate surface area is 117 Å². The summed E-state index contributed by atoms with van der Waals surface area (Å²) in [5.41, 5.74) is 1.78. The predicted octanol–water partition coefficient (Wildman–Crippen LogP) is 3.63. The zero-order valence-electron chi connectivity index (χ0n) is 11.1. The van der Waals surface area contributed by atoms with E-state index >= 15 is 0 Å². The Morgan fingerprint density at radius 1 is 1.20 bits per heavy atom. The van der Waals surface area contributed by atoms with E-state index in [1.807, 2.05) is 19.1 Å². The Bertz CT molecular complexity index is 613. The molecule has 0 aliphatic carbocycles. The molecule has 4 heteroatoms. The lowest BCUT2D eigenvalue weighted by Crippen LogP contribution is -2.22. The van der Waals surface area contributed by atoms with E-state index in [1.165, 1.54) is 12.1 Å². The molecular formula is C16H16FNO2. The van der Waals surface area contributed by atoms with Gasteiger partial charge in [-0.3, -0.25) is 0 Å². The number of aryl methyl sites for hydroxylation is 1. The highest BCUT2D eigenvalue weighted by Crippen LogP contribution is 2.25. The summed E-state index contributed by atoms with van der Waals surface area (Å²) in [5.74, 6) is -1.50. The molecule has 0 aliphatic rings. The molecule has 3 nitrogen and oxygen atoms in total. The number of para-hydroxylation sites is 1. The molecule has 1 unspecified atom stereocenters. The molecule has 0 fully saturated rings. The number of hydrogen-bond acceptors (Lipinski definition) is 2. The molecule has 0 spiro atoms. The maximum Gasteiger partial charge on any atom is 0.330 e. The molecule has 0 heterocycles. The number of hydrogen-bond donors (Lipinski definition) is 2. The highest BCUT2D eigenvalue weighted by Gasteiger charge is 2.22. The van der Waals surface area contributed by atoms with Gasteiger partial charge in [0.15, 0.2) is 6.04 Å². The molecule has 0 aromatic heterocycles. The minimum atomic E-state index is -1.03. The summed E-state index contributed by atoms with van der Waals surface area (Å²) in [6.07, 6.45) is 0.721. The van der Waals surface area contributed by atoms with Crippen molar-refractivity contribution in [3.63, 3.8) is 0 Å². The van der Waals surface area contributed by atoms with Gasteiger partial charge in [0, 0.05) is 0 Å². The van der Waals surface area contributed by atoms with Crippen molar-refractivity contribution in [1.82, 2.24) is 0 Å². The molecule has 2 rings (SSSR count). The van der Waals surface area contributed by atoms with Crippen LogP contribution in [0.25, 0.3) is 0 Å². The van der Waals surface area contributed by atoms with Gasteiger partial charge in [-0.1, -0.05) is 43.3 Å². The van der Waals surface area contributed by atoms with Gasteiger partial charge in [0.05, 0.1) is 5.69 Å². The number of benzene rings is 2. The van der Waals surface area contributed by atoms with Crippen LogP contribution >= 0.6 is 0 Å². The first-order valence-corrected chi connectivity index (χ1v) is 6.45. The van der Waals surface area contributed by atoms with Crippen LogP contribution in [0.5, 0.6) is 0 Å². The molecule has 0 radical (unpaired) electrons. The summed E-state index contributed by atoms with van der Waals surface area (Å²) in [6.45, 7) is 1.96. The summed E-state index contributed by atoms with van der Waals surface area (Å²) in [5, 5.41) is 12.2. The number of rotatable bonds is 5. The SMILES string of the molecule is CCc1ccccc1C(Nc1ccccc1F)C(=O)O. The number of aliphatic carboxylic acids is 1. The van der Waals surface area contributed by atoms with Crippen LogP contribution in [0.1, 0.15) is 24.1 Å².